The molecule has 1 aliphatic rings. The van der Waals surface area contributed by atoms with Crippen LogP contribution in [0.5, 0.6) is 5.75 Å². The zero-order valence-corrected chi connectivity index (χ0v) is 8.84. The van der Waals surface area contributed by atoms with Gasteiger partial charge >= 0.3 is 0 Å². The van der Waals surface area contributed by atoms with Crippen LogP contribution in [-0.4, -0.2) is 18.8 Å². The first-order valence-corrected chi connectivity index (χ1v) is 4.66. The molecule has 0 aliphatic carbocycles. The van der Waals surface area contributed by atoms with Gasteiger partial charge < -0.3 is 10.1 Å². The molecular weight excluding hydrogens is 250 g/mol. The summed E-state index contributed by atoms with van der Waals surface area (Å²) in [7, 11) is 1.45. The molecule has 0 radical (unpaired) electrons. The van der Waals surface area contributed by atoms with Crippen molar-refractivity contribution in [3.8, 4) is 5.75 Å². The van der Waals surface area contributed by atoms with E-state index < -0.39 is 11.7 Å². The number of halogens is 1. The van der Waals surface area contributed by atoms with Crippen molar-refractivity contribution >= 4 is 33.3 Å². The molecule has 0 bridgehead atoms. The van der Waals surface area contributed by atoms with E-state index in [0.29, 0.717) is 21.5 Å². The van der Waals surface area contributed by atoms with E-state index in [-0.39, 0.29) is 0 Å². The summed E-state index contributed by atoms with van der Waals surface area (Å²) in [4.78, 5) is 22.5. The average molecular weight is 256 g/mol. The summed E-state index contributed by atoms with van der Waals surface area (Å²) in [5.41, 5.74) is 0.798. The van der Waals surface area contributed by atoms with E-state index in [4.69, 9.17) is 4.74 Å². The third kappa shape index (κ3) is 1.13. The van der Waals surface area contributed by atoms with Crippen molar-refractivity contribution in [1.82, 2.24) is 0 Å². The Balaban J connectivity index is 2.70. The number of rotatable bonds is 1. The lowest BCUT2D eigenvalue weighted by Crippen LogP contribution is -2.12. The maximum absolute atomic E-state index is 11.4. The fourth-order valence-corrected chi connectivity index (χ4v) is 1.87. The molecule has 14 heavy (non-hydrogen) atoms. The summed E-state index contributed by atoms with van der Waals surface area (Å²) in [5, 5.41) is 2.46. The predicted molar refractivity (Wildman–Crippen MR) is 53.7 cm³/mol. The monoisotopic (exact) mass is 255 g/mol. The van der Waals surface area contributed by atoms with E-state index in [2.05, 4.69) is 21.2 Å². The Morgan fingerprint density at radius 2 is 2.07 bits per heavy atom. The second-order valence-corrected chi connectivity index (χ2v) is 3.64. The van der Waals surface area contributed by atoms with Crippen molar-refractivity contribution < 1.29 is 14.3 Å². The van der Waals surface area contributed by atoms with Crippen molar-refractivity contribution in [2.45, 2.75) is 0 Å². The van der Waals surface area contributed by atoms with Crippen LogP contribution in [0.4, 0.5) is 5.69 Å². The van der Waals surface area contributed by atoms with Crippen molar-refractivity contribution in [3.05, 3.63) is 22.2 Å². The topological polar surface area (TPSA) is 55.4 Å². The lowest BCUT2D eigenvalue weighted by atomic mass is 10.1. The zero-order valence-electron chi connectivity index (χ0n) is 7.26. The van der Waals surface area contributed by atoms with Crippen molar-refractivity contribution in [2.24, 2.45) is 0 Å². The third-order valence-electron chi connectivity index (χ3n) is 2.00. The third-order valence-corrected chi connectivity index (χ3v) is 2.62. The van der Waals surface area contributed by atoms with Crippen LogP contribution < -0.4 is 10.1 Å². The highest BCUT2D eigenvalue weighted by atomic mass is 79.9. The normalized spacial score (nSPS) is 13.9. The van der Waals surface area contributed by atoms with Gasteiger partial charge in [-0.1, -0.05) is 0 Å². The minimum absolute atomic E-state index is 0.298. The van der Waals surface area contributed by atoms with Gasteiger partial charge in [0.25, 0.3) is 11.7 Å². The Labute approximate surface area is 88.4 Å². The van der Waals surface area contributed by atoms with Gasteiger partial charge in [-0.15, -0.1) is 0 Å². The number of carbonyl (C=O) groups excluding carboxylic acids is 2. The number of anilines is 1. The van der Waals surface area contributed by atoms with Crippen molar-refractivity contribution in [1.29, 1.82) is 0 Å². The number of hydrogen-bond donors (Lipinski definition) is 1. The van der Waals surface area contributed by atoms with Crippen molar-refractivity contribution in [2.75, 3.05) is 12.4 Å². The van der Waals surface area contributed by atoms with Gasteiger partial charge in [-0.3, -0.25) is 9.59 Å². The van der Waals surface area contributed by atoms with Gasteiger partial charge in [0.2, 0.25) is 0 Å². The Morgan fingerprint density at radius 1 is 1.36 bits per heavy atom. The molecule has 1 aromatic rings. The summed E-state index contributed by atoms with van der Waals surface area (Å²) < 4.78 is 5.70. The number of ketones is 1. The van der Waals surface area contributed by atoms with Crippen LogP contribution in [-0.2, 0) is 4.79 Å². The summed E-state index contributed by atoms with van der Waals surface area (Å²) in [6, 6.07) is 3.38. The first kappa shape index (κ1) is 9.21. The van der Waals surface area contributed by atoms with Crippen LogP contribution in [0.25, 0.3) is 0 Å². The number of Topliss-reactive ketones (excluding diaryl/α,β-unsaturated/α-hetero) is 1. The van der Waals surface area contributed by atoms with Crippen LogP contribution in [0.2, 0.25) is 0 Å². The van der Waals surface area contributed by atoms with Crippen LogP contribution >= 0.6 is 15.9 Å². The van der Waals surface area contributed by atoms with Gasteiger partial charge in [-0.05, 0) is 28.1 Å². The molecule has 72 valence electrons. The zero-order chi connectivity index (χ0) is 10.3. The van der Waals surface area contributed by atoms with Gasteiger partial charge in [0, 0.05) is 0 Å². The predicted octanol–water partition coefficient (Wildman–Crippen LogP) is 1.59. The number of fused-ring (bicyclic) bond motifs is 1. The van der Waals surface area contributed by atoms with E-state index in [1.165, 1.54) is 7.11 Å². The van der Waals surface area contributed by atoms with E-state index in [9.17, 15) is 9.59 Å². The standard InChI is InChI=1S/C9H6BrNO3/c1-14-8-4(10)2-3-5-6(8)7(12)9(13)11-5/h2-3H,1H3,(H,11,12,13). The fraction of sp³-hybridized carbons (Fsp3) is 0.111. The minimum atomic E-state index is -0.614. The van der Waals surface area contributed by atoms with Crippen LogP contribution in [0, 0.1) is 0 Å². The number of methoxy groups -OCH3 is 1. The summed E-state index contributed by atoms with van der Waals surface area (Å²) in [6.45, 7) is 0. The molecule has 1 heterocycles. The molecule has 0 aromatic heterocycles. The van der Waals surface area contributed by atoms with Crippen LogP contribution in [0.1, 0.15) is 10.4 Å². The van der Waals surface area contributed by atoms with Gasteiger partial charge in [0.1, 0.15) is 5.75 Å². The van der Waals surface area contributed by atoms with Crippen molar-refractivity contribution in [3.63, 3.8) is 0 Å². The molecule has 1 aromatic carbocycles. The number of nitrogens with one attached hydrogen (secondary N) is 1. The molecule has 5 heteroatoms. The molecule has 0 saturated heterocycles. The molecular formula is C9H6BrNO3. The largest absolute Gasteiger partial charge is 0.495 e. The highest BCUT2D eigenvalue weighted by Crippen LogP contribution is 2.37. The molecule has 0 spiro atoms. The minimum Gasteiger partial charge on any atom is -0.495 e. The number of carbonyl (C=O) groups is 2. The summed E-state index contributed by atoms with van der Waals surface area (Å²) in [5.74, 6) is -0.777. The number of benzene rings is 1. The Morgan fingerprint density at radius 3 is 2.71 bits per heavy atom. The maximum atomic E-state index is 11.4. The lowest BCUT2D eigenvalue weighted by molar-refractivity contribution is -0.112. The SMILES string of the molecule is COc1c(Br)ccc2c1C(=O)C(=O)N2. The molecule has 0 saturated carbocycles. The highest BCUT2D eigenvalue weighted by molar-refractivity contribution is 9.10. The van der Waals surface area contributed by atoms with Gasteiger partial charge in [0.05, 0.1) is 22.8 Å². The Kier molecular flexibility index (Phi) is 2.03. The van der Waals surface area contributed by atoms with E-state index in [1.807, 2.05) is 0 Å². The summed E-state index contributed by atoms with van der Waals surface area (Å²) in [6.07, 6.45) is 0. The number of amides is 1. The molecule has 0 unspecified atom stereocenters. The van der Waals surface area contributed by atoms with Gasteiger partial charge in [-0.25, -0.2) is 0 Å². The fourth-order valence-electron chi connectivity index (χ4n) is 1.38. The molecule has 0 fully saturated rings. The smallest absolute Gasteiger partial charge is 0.297 e. The summed E-state index contributed by atoms with van der Waals surface area (Å²) >= 11 is 3.24. The van der Waals surface area contributed by atoms with E-state index >= 15 is 0 Å². The lowest BCUT2D eigenvalue weighted by Gasteiger charge is -2.06. The average Bonchev–Trinajstić information content (AvgIpc) is 2.45. The molecule has 1 aliphatic heterocycles. The van der Waals surface area contributed by atoms with Gasteiger partial charge in [-0.2, -0.15) is 0 Å². The van der Waals surface area contributed by atoms with Gasteiger partial charge in [0.15, 0.2) is 0 Å². The highest BCUT2D eigenvalue weighted by Gasteiger charge is 2.32. The Bertz CT molecular complexity index is 442. The second kappa shape index (κ2) is 3.09. The maximum Gasteiger partial charge on any atom is 0.297 e. The molecule has 0 atom stereocenters. The molecule has 2 rings (SSSR count). The second-order valence-electron chi connectivity index (χ2n) is 2.79. The number of ether oxygens (including phenoxy) is 1. The van der Waals surface area contributed by atoms with Crippen LogP contribution in [0.3, 0.4) is 0 Å². The molecule has 4 nitrogen and oxygen atoms in total. The number of hydrogen-bond acceptors (Lipinski definition) is 3. The molecule has 1 amide bonds. The first-order chi connectivity index (χ1) is 6.65. The Hall–Kier alpha value is -1.36. The quantitative estimate of drug-likeness (QED) is 0.776. The molecule has 1 N–H and O–H groups in total. The first-order valence-electron chi connectivity index (χ1n) is 3.87. The van der Waals surface area contributed by atoms with E-state index in [1.54, 1.807) is 12.1 Å². The van der Waals surface area contributed by atoms with E-state index in [0.717, 1.165) is 0 Å². The van der Waals surface area contributed by atoms with Crippen LogP contribution in [0.15, 0.2) is 16.6 Å².